The van der Waals surface area contributed by atoms with Gasteiger partial charge in [-0.15, -0.1) is 0 Å². The van der Waals surface area contributed by atoms with E-state index in [1.54, 1.807) is 0 Å². The molecule has 4 heteroatoms. The maximum absolute atomic E-state index is 6.57. The largest absolute Gasteiger partial charge is 0.345 e. The minimum Gasteiger partial charge on any atom is -0.267 e. The Hall–Kier alpha value is -1.74. The van der Waals surface area contributed by atoms with Crippen molar-refractivity contribution in [3.05, 3.63) is 75.8 Å². The topological polar surface area (TPSA) is 12.4 Å². The zero-order chi connectivity index (χ0) is 30.0. The van der Waals surface area contributed by atoms with Gasteiger partial charge in [-0.3, -0.25) is 4.63 Å². The lowest BCUT2D eigenvalue weighted by Crippen LogP contribution is -2.06. The Morgan fingerprint density at radius 3 is 1.02 bits per heavy atom. The highest BCUT2D eigenvalue weighted by atomic mass is 35.7. The number of rotatable bonds is 9. The summed E-state index contributed by atoms with van der Waals surface area (Å²) >= 11 is 13.1. The second kappa shape index (κ2) is 13.5. The molecule has 0 amide bonds. The summed E-state index contributed by atoms with van der Waals surface area (Å²) < 4.78 is 5.06. The molecule has 0 saturated carbocycles. The molecule has 0 aromatic heterocycles. The van der Waals surface area contributed by atoms with Crippen molar-refractivity contribution in [2.75, 3.05) is 0 Å². The molecule has 0 heterocycles. The molecule has 0 aliphatic carbocycles. The molecule has 1 nitrogen and oxygen atoms in total. The Kier molecular flexibility index (Phi) is 11.0. The summed E-state index contributed by atoms with van der Waals surface area (Å²) in [6.45, 7) is 27.5. The van der Waals surface area contributed by atoms with Crippen LogP contribution >= 0.6 is 22.2 Å². The molecule has 0 radical (unpaired) electrons. The number of benzene rings is 3. The summed E-state index contributed by atoms with van der Waals surface area (Å²) in [5, 5.41) is 0. The van der Waals surface area contributed by atoms with Gasteiger partial charge < -0.3 is 0 Å². The Morgan fingerprint density at radius 2 is 0.800 bits per heavy atom. The van der Waals surface area contributed by atoms with E-state index in [1.165, 1.54) is 44.5 Å². The first-order valence-electron chi connectivity index (χ1n) is 15.0. The van der Waals surface area contributed by atoms with Gasteiger partial charge in [-0.1, -0.05) is 148 Å². The molecular weight excluding hydrogens is 545 g/mol. The molecule has 0 unspecified atom stereocenters. The monoisotopic (exact) mass is 593 g/mol. The van der Waals surface area contributed by atoms with E-state index >= 15 is 0 Å². The van der Waals surface area contributed by atoms with Crippen molar-refractivity contribution in [1.29, 1.82) is 0 Å². The molecule has 0 spiro atoms. The van der Waals surface area contributed by atoms with Crippen LogP contribution in [0.2, 0.25) is 0 Å². The van der Waals surface area contributed by atoms with Gasteiger partial charge in [0, 0.05) is 11.1 Å². The lowest BCUT2D eigenvalue weighted by Gasteiger charge is -2.27. The zero-order valence-electron chi connectivity index (χ0n) is 26.7. The first-order chi connectivity index (χ1) is 18.6. The van der Waals surface area contributed by atoms with E-state index in [2.05, 4.69) is 126 Å². The first kappa shape index (κ1) is 32.8. The summed E-state index contributed by atoms with van der Waals surface area (Å²) in [5.74, 6) is 2.37. The highest BCUT2D eigenvalue weighted by Crippen LogP contribution is 2.49. The maximum Gasteiger partial charge on any atom is 0.345 e. The van der Waals surface area contributed by atoms with E-state index in [0.29, 0.717) is 35.5 Å². The molecule has 0 fully saturated rings. The van der Waals surface area contributed by atoms with Crippen molar-refractivity contribution in [2.45, 2.75) is 119 Å². The van der Waals surface area contributed by atoms with E-state index in [1.807, 2.05) is 0 Å². The predicted octanol–water partition coefficient (Wildman–Crippen LogP) is 13.1. The molecule has 0 saturated heterocycles. The first-order valence-corrected chi connectivity index (χ1v) is 18.5. The summed E-state index contributed by atoms with van der Waals surface area (Å²) in [6.07, 6.45) is 0. The fourth-order valence-electron chi connectivity index (χ4n) is 5.69. The third-order valence-corrected chi connectivity index (χ3v) is 8.94. The minimum absolute atomic E-state index is 0.363. The highest BCUT2D eigenvalue weighted by Gasteiger charge is 2.25. The third kappa shape index (κ3) is 7.00. The van der Waals surface area contributed by atoms with Crippen LogP contribution < -0.4 is 0 Å². The van der Waals surface area contributed by atoms with Gasteiger partial charge in [0.2, 0.25) is 0 Å². The Morgan fingerprint density at radius 1 is 0.500 bits per heavy atom. The van der Waals surface area contributed by atoms with Gasteiger partial charge in [-0.05, 0) is 80.0 Å². The van der Waals surface area contributed by atoms with E-state index in [0.717, 1.165) is 16.8 Å². The highest BCUT2D eigenvalue weighted by molar-refractivity contribution is 7.27. The number of hydrogen-bond donors (Lipinski definition) is 0. The van der Waals surface area contributed by atoms with Crippen molar-refractivity contribution < 1.29 is 0 Å². The van der Waals surface area contributed by atoms with Crippen LogP contribution in [0, 0.1) is 0 Å². The molecule has 3 aromatic rings. The fraction of sp³-hybridized carbons (Fsp3) is 0.500. The second-order valence-corrected chi connectivity index (χ2v) is 16.6. The number of halogens is 2. The quantitative estimate of drug-likeness (QED) is 0.173. The van der Waals surface area contributed by atoms with Crippen LogP contribution in [0.5, 0.6) is 0 Å². The SMILES string of the molecule is CC(C)c1cc(C(C)C)c(-c2cccc(-c3c(C(C)C)cc(C(C)C)cc3C(C)C)c2N=[Si](Cl)Cl)c(C(C)C)c1. The maximum atomic E-state index is 6.57. The fourth-order valence-corrected chi connectivity index (χ4v) is 6.60. The minimum atomic E-state index is -1.95. The van der Waals surface area contributed by atoms with Gasteiger partial charge in [0.1, 0.15) is 0 Å². The van der Waals surface area contributed by atoms with E-state index in [4.69, 9.17) is 26.8 Å². The average molecular weight is 595 g/mol. The Labute approximate surface area is 255 Å². The molecule has 3 rings (SSSR count). The van der Waals surface area contributed by atoms with Crippen molar-refractivity contribution >= 4 is 35.1 Å². The van der Waals surface area contributed by atoms with Gasteiger partial charge >= 0.3 is 7.21 Å². The predicted molar refractivity (Wildman–Crippen MR) is 181 cm³/mol. The number of nitrogens with zero attached hydrogens (tertiary/aromatic N) is 1. The lowest BCUT2D eigenvalue weighted by molar-refractivity contribution is 0.807. The Bertz CT molecular complexity index is 1220. The van der Waals surface area contributed by atoms with E-state index in [-0.39, 0.29) is 0 Å². The van der Waals surface area contributed by atoms with Crippen LogP contribution in [0.15, 0.2) is 47.1 Å². The smallest absolute Gasteiger partial charge is 0.267 e. The van der Waals surface area contributed by atoms with E-state index in [9.17, 15) is 0 Å². The summed E-state index contributed by atoms with van der Waals surface area (Å²) in [6, 6.07) is 16.3. The van der Waals surface area contributed by atoms with Crippen LogP contribution in [0.25, 0.3) is 22.3 Å². The molecule has 0 N–H and O–H groups in total. The number of hydrogen-bond acceptors (Lipinski definition) is 1. The van der Waals surface area contributed by atoms with Crippen molar-refractivity contribution in [1.82, 2.24) is 0 Å². The van der Waals surface area contributed by atoms with Gasteiger partial charge in [0.25, 0.3) is 0 Å². The molecule has 0 aliphatic heterocycles. The van der Waals surface area contributed by atoms with Gasteiger partial charge in [0.05, 0.1) is 5.69 Å². The summed E-state index contributed by atoms with van der Waals surface area (Å²) in [7, 11) is -1.95. The average Bonchev–Trinajstić information content (AvgIpc) is 2.86. The van der Waals surface area contributed by atoms with Crippen molar-refractivity contribution in [2.24, 2.45) is 4.63 Å². The van der Waals surface area contributed by atoms with Crippen molar-refractivity contribution in [3.8, 4) is 22.3 Å². The van der Waals surface area contributed by atoms with Crippen LogP contribution in [0.4, 0.5) is 5.69 Å². The molecule has 0 aliphatic rings. The molecular formula is C36H49Cl2NSi. The molecule has 216 valence electrons. The van der Waals surface area contributed by atoms with Gasteiger partial charge in [0.15, 0.2) is 0 Å². The van der Waals surface area contributed by atoms with Crippen LogP contribution in [-0.4, -0.2) is 7.21 Å². The lowest BCUT2D eigenvalue weighted by atomic mass is 9.78. The second-order valence-electron chi connectivity index (χ2n) is 13.1. The molecule has 0 atom stereocenters. The summed E-state index contributed by atoms with van der Waals surface area (Å²) in [4.78, 5) is 0. The van der Waals surface area contributed by atoms with Gasteiger partial charge in [-0.2, -0.15) is 0 Å². The standard InChI is InChI=1S/C36H49Cl2NSi/c1-20(2)26-16-30(22(5)6)34(31(17-26)23(7)8)28-14-13-15-29(36(28)39-40(37)38)35-32(24(9)10)18-27(21(3)4)19-33(35)25(11)12/h13-25H,1-12H3. The van der Waals surface area contributed by atoms with E-state index < -0.39 is 7.21 Å². The van der Waals surface area contributed by atoms with Crippen LogP contribution in [0.3, 0.4) is 0 Å². The van der Waals surface area contributed by atoms with Crippen LogP contribution in [-0.2, 0) is 0 Å². The zero-order valence-corrected chi connectivity index (χ0v) is 29.2. The molecule has 40 heavy (non-hydrogen) atoms. The molecule has 0 bridgehead atoms. The Balaban J connectivity index is 2.58. The van der Waals surface area contributed by atoms with Crippen LogP contribution in [0.1, 0.15) is 152 Å². The van der Waals surface area contributed by atoms with Gasteiger partial charge in [-0.25, -0.2) is 0 Å². The molecule has 3 aromatic carbocycles. The third-order valence-electron chi connectivity index (χ3n) is 8.04. The van der Waals surface area contributed by atoms with Crippen molar-refractivity contribution in [3.63, 3.8) is 0 Å². The normalized spacial score (nSPS) is 12.1. The summed E-state index contributed by atoms with van der Waals surface area (Å²) in [5.41, 5.74) is 14.0.